The maximum absolute atomic E-state index is 12.0. The summed E-state index contributed by atoms with van der Waals surface area (Å²) < 4.78 is 1.07. The molecule has 0 bridgehead atoms. The van der Waals surface area contributed by atoms with Gasteiger partial charge in [0.25, 0.3) is 0 Å². The Kier molecular flexibility index (Phi) is 3.63. The van der Waals surface area contributed by atoms with E-state index in [1.54, 1.807) is 0 Å². The van der Waals surface area contributed by atoms with Crippen molar-refractivity contribution in [3.05, 3.63) is 34.3 Å². The predicted octanol–water partition coefficient (Wildman–Crippen LogP) is 2.55. The van der Waals surface area contributed by atoms with Crippen LogP contribution in [0.3, 0.4) is 0 Å². The van der Waals surface area contributed by atoms with E-state index in [2.05, 4.69) is 38.7 Å². The molecule has 2 aliphatic carbocycles. The second kappa shape index (κ2) is 5.25. The van der Waals surface area contributed by atoms with Crippen LogP contribution >= 0.6 is 15.9 Å². The number of hydrogen-bond acceptors (Lipinski definition) is 2. The SMILES string of the molecule is O=C(CNCC1CC1)NC1(c2cccc(Br)c2)CC1. The molecule has 0 aliphatic heterocycles. The molecule has 1 amide bonds. The van der Waals surface area contributed by atoms with Gasteiger partial charge in [-0.3, -0.25) is 4.79 Å². The quantitative estimate of drug-likeness (QED) is 0.845. The molecule has 3 rings (SSSR count). The first kappa shape index (κ1) is 13.1. The zero-order chi connectivity index (χ0) is 13.3. The third kappa shape index (κ3) is 3.37. The van der Waals surface area contributed by atoms with Crippen LogP contribution in [0.2, 0.25) is 0 Å². The zero-order valence-electron chi connectivity index (χ0n) is 10.9. The first-order valence-electron chi connectivity index (χ1n) is 6.96. The first-order chi connectivity index (χ1) is 9.18. The van der Waals surface area contributed by atoms with Crippen molar-refractivity contribution < 1.29 is 4.79 Å². The van der Waals surface area contributed by atoms with Crippen molar-refractivity contribution in [1.82, 2.24) is 10.6 Å². The lowest BCUT2D eigenvalue weighted by Crippen LogP contribution is -2.41. The molecule has 1 aromatic carbocycles. The van der Waals surface area contributed by atoms with Crippen LogP contribution in [-0.2, 0) is 10.3 Å². The Labute approximate surface area is 122 Å². The minimum atomic E-state index is -0.109. The van der Waals surface area contributed by atoms with E-state index in [1.165, 1.54) is 18.4 Å². The molecular weight excluding hydrogens is 304 g/mol. The van der Waals surface area contributed by atoms with Crippen molar-refractivity contribution in [2.45, 2.75) is 31.2 Å². The fraction of sp³-hybridized carbons (Fsp3) is 0.533. The van der Waals surface area contributed by atoms with Crippen molar-refractivity contribution in [3.8, 4) is 0 Å². The van der Waals surface area contributed by atoms with E-state index in [4.69, 9.17) is 0 Å². The number of carbonyl (C=O) groups is 1. The first-order valence-corrected chi connectivity index (χ1v) is 7.75. The van der Waals surface area contributed by atoms with Gasteiger partial charge in [0.1, 0.15) is 0 Å². The molecule has 0 heterocycles. The van der Waals surface area contributed by atoms with Crippen molar-refractivity contribution in [3.63, 3.8) is 0 Å². The van der Waals surface area contributed by atoms with E-state index >= 15 is 0 Å². The van der Waals surface area contributed by atoms with Crippen LogP contribution in [0.15, 0.2) is 28.7 Å². The zero-order valence-corrected chi connectivity index (χ0v) is 12.5. The topological polar surface area (TPSA) is 41.1 Å². The largest absolute Gasteiger partial charge is 0.345 e. The highest BCUT2D eigenvalue weighted by Crippen LogP contribution is 2.45. The summed E-state index contributed by atoms with van der Waals surface area (Å²) in [4.78, 5) is 12.0. The van der Waals surface area contributed by atoms with E-state index in [9.17, 15) is 4.79 Å². The molecule has 0 saturated heterocycles. The van der Waals surface area contributed by atoms with Crippen LogP contribution in [0.4, 0.5) is 0 Å². The van der Waals surface area contributed by atoms with Gasteiger partial charge < -0.3 is 10.6 Å². The van der Waals surface area contributed by atoms with Gasteiger partial charge >= 0.3 is 0 Å². The standard InChI is InChI=1S/C15H19BrN2O/c16-13-3-1-2-12(8-13)15(6-7-15)18-14(19)10-17-9-11-4-5-11/h1-3,8,11,17H,4-7,9-10H2,(H,18,19). The molecule has 2 aliphatic rings. The van der Waals surface area contributed by atoms with Gasteiger partial charge in [0.05, 0.1) is 12.1 Å². The number of carbonyl (C=O) groups excluding carboxylic acids is 1. The lowest BCUT2D eigenvalue weighted by atomic mass is 10.1. The molecule has 2 fully saturated rings. The number of halogens is 1. The minimum Gasteiger partial charge on any atom is -0.345 e. The Morgan fingerprint density at radius 3 is 2.79 bits per heavy atom. The van der Waals surface area contributed by atoms with Crippen molar-refractivity contribution in [1.29, 1.82) is 0 Å². The Balaban J connectivity index is 1.54. The molecule has 1 aromatic rings. The van der Waals surface area contributed by atoms with Crippen LogP contribution in [0.5, 0.6) is 0 Å². The fourth-order valence-electron chi connectivity index (χ4n) is 2.42. The van der Waals surface area contributed by atoms with Gasteiger partial charge in [0.2, 0.25) is 5.91 Å². The Bertz CT molecular complexity index is 481. The highest BCUT2D eigenvalue weighted by molar-refractivity contribution is 9.10. The van der Waals surface area contributed by atoms with Gasteiger partial charge in [0, 0.05) is 4.47 Å². The smallest absolute Gasteiger partial charge is 0.234 e. The molecule has 0 unspecified atom stereocenters. The summed E-state index contributed by atoms with van der Waals surface area (Å²) in [7, 11) is 0. The summed E-state index contributed by atoms with van der Waals surface area (Å²) in [5.74, 6) is 0.922. The van der Waals surface area contributed by atoms with Crippen LogP contribution in [0.25, 0.3) is 0 Å². The Morgan fingerprint density at radius 1 is 1.37 bits per heavy atom. The summed E-state index contributed by atoms with van der Waals surface area (Å²) in [5.41, 5.74) is 1.10. The van der Waals surface area contributed by atoms with Crippen LogP contribution in [0, 0.1) is 5.92 Å². The summed E-state index contributed by atoms with van der Waals surface area (Å²) in [6.07, 6.45) is 4.71. The van der Waals surface area contributed by atoms with Gasteiger partial charge in [-0.25, -0.2) is 0 Å². The lowest BCUT2D eigenvalue weighted by Gasteiger charge is -2.18. The number of benzene rings is 1. The molecule has 102 valence electrons. The fourth-order valence-corrected chi connectivity index (χ4v) is 2.82. The normalized spacial score (nSPS) is 20.1. The maximum atomic E-state index is 12.0. The van der Waals surface area contributed by atoms with E-state index < -0.39 is 0 Å². The second-order valence-corrected chi connectivity index (χ2v) is 6.63. The number of amides is 1. The van der Waals surface area contributed by atoms with Gasteiger partial charge in [-0.1, -0.05) is 28.1 Å². The summed E-state index contributed by atoms with van der Waals surface area (Å²) in [6.45, 7) is 1.42. The lowest BCUT2D eigenvalue weighted by molar-refractivity contribution is -0.121. The van der Waals surface area contributed by atoms with Crippen LogP contribution in [0.1, 0.15) is 31.2 Å². The van der Waals surface area contributed by atoms with Gasteiger partial charge in [-0.2, -0.15) is 0 Å². The van der Waals surface area contributed by atoms with Crippen LogP contribution in [-0.4, -0.2) is 19.0 Å². The molecule has 19 heavy (non-hydrogen) atoms. The highest BCUT2D eigenvalue weighted by atomic mass is 79.9. The molecule has 4 heteroatoms. The molecular formula is C15H19BrN2O. The maximum Gasteiger partial charge on any atom is 0.234 e. The number of rotatable bonds is 6. The minimum absolute atomic E-state index is 0.109. The van der Waals surface area contributed by atoms with Gasteiger partial charge in [-0.05, 0) is 55.8 Å². The number of hydrogen-bond donors (Lipinski definition) is 2. The van der Waals surface area contributed by atoms with E-state index in [0.717, 1.165) is 29.8 Å². The average molecular weight is 323 g/mol. The van der Waals surface area contributed by atoms with Crippen molar-refractivity contribution >= 4 is 21.8 Å². The Hall–Kier alpha value is -0.870. The predicted molar refractivity (Wildman–Crippen MR) is 78.8 cm³/mol. The van der Waals surface area contributed by atoms with E-state index in [1.807, 2.05) is 12.1 Å². The number of nitrogens with one attached hydrogen (secondary N) is 2. The van der Waals surface area contributed by atoms with E-state index in [0.29, 0.717) is 6.54 Å². The van der Waals surface area contributed by atoms with Gasteiger partial charge in [-0.15, -0.1) is 0 Å². The average Bonchev–Trinajstić information content (AvgIpc) is 3.25. The summed E-state index contributed by atoms with van der Waals surface area (Å²) >= 11 is 3.49. The van der Waals surface area contributed by atoms with E-state index in [-0.39, 0.29) is 11.4 Å². The van der Waals surface area contributed by atoms with Crippen molar-refractivity contribution in [2.24, 2.45) is 5.92 Å². The van der Waals surface area contributed by atoms with Crippen LogP contribution < -0.4 is 10.6 Å². The van der Waals surface area contributed by atoms with Gasteiger partial charge in [0.15, 0.2) is 0 Å². The second-order valence-electron chi connectivity index (χ2n) is 5.71. The molecule has 3 nitrogen and oxygen atoms in total. The van der Waals surface area contributed by atoms with Crippen molar-refractivity contribution in [2.75, 3.05) is 13.1 Å². The molecule has 0 radical (unpaired) electrons. The Morgan fingerprint density at radius 2 is 2.16 bits per heavy atom. The monoisotopic (exact) mass is 322 g/mol. The third-order valence-corrected chi connectivity index (χ3v) is 4.41. The molecule has 2 N–H and O–H groups in total. The molecule has 0 atom stereocenters. The highest BCUT2D eigenvalue weighted by Gasteiger charge is 2.45. The third-order valence-electron chi connectivity index (χ3n) is 3.92. The molecule has 0 spiro atoms. The summed E-state index contributed by atoms with van der Waals surface area (Å²) in [5, 5.41) is 6.42. The summed E-state index contributed by atoms with van der Waals surface area (Å²) in [6, 6.07) is 8.23. The molecule has 0 aromatic heterocycles. The molecule has 2 saturated carbocycles.